The summed E-state index contributed by atoms with van der Waals surface area (Å²) < 4.78 is 5.68. The van der Waals surface area contributed by atoms with Crippen molar-refractivity contribution >= 4 is 5.91 Å². The van der Waals surface area contributed by atoms with Crippen molar-refractivity contribution in [3.05, 3.63) is 17.8 Å². The second-order valence-electron chi connectivity index (χ2n) is 9.13. The molecular formula is C21H31N3O2. The minimum absolute atomic E-state index is 0.325. The molecule has 1 amide bonds. The van der Waals surface area contributed by atoms with Crippen LogP contribution in [0.1, 0.15) is 69.4 Å². The lowest BCUT2D eigenvalue weighted by atomic mass is 9.96. The van der Waals surface area contributed by atoms with Crippen LogP contribution in [0.15, 0.2) is 10.6 Å². The summed E-state index contributed by atoms with van der Waals surface area (Å²) in [6.07, 6.45) is 13.2. The van der Waals surface area contributed by atoms with Gasteiger partial charge < -0.3 is 9.73 Å². The van der Waals surface area contributed by atoms with Gasteiger partial charge in [-0.05, 0) is 43.9 Å². The maximum absolute atomic E-state index is 12.7. The summed E-state index contributed by atoms with van der Waals surface area (Å²) in [5.74, 6) is 3.93. The number of carbonyl (C=O) groups excluding carboxylic acids is 1. The highest BCUT2D eigenvalue weighted by Crippen LogP contribution is 2.50. The molecule has 5 nitrogen and oxygen atoms in total. The molecule has 0 aromatic carbocycles. The molecule has 4 fully saturated rings. The molecule has 26 heavy (non-hydrogen) atoms. The Morgan fingerprint density at radius 3 is 2.58 bits per heavy atom. The Labute approximate surface area is 155 Å². The molecular weight excluding hydrogens is 326 g/mol. The molecule has 2 aliphatic heterocycles. The van der Waals surface area contributed by atoms with Crippen molar-refractivity contribution in [1.82, 2.24) is 15.2 Å². The van der Waals surface area contributed by atoms with Gasteiger partial charge in [-0.15, -0.1) is 0 Å². The number of carbonyl (C=O) groups is 1. The Morgan fingerprint density at radius 2 is 1.92 bits per heavy atom. The summed E-state index contributed by atoms with van der Waals surface area (Å²) in [4.78, 5) is 19.5. The third kappa shape index (κ3) is 3.19. The Kier molecular flexibility index (Phi) is 4.30. The van der Waals surface area contributed by atoms with E-state index in [0.29, 0.717) is 35.9 Å². The van der Waals surface area contributed by atoms with Gasteiger partial charge in [0.1, 0.15) is 5.76 Å². The molecule has 1 aromatic rings. The van der Waals surface area contributed by atoms with Crippen LogP contribution in [0.25, 0.3) is 0 Å². The molecule has 4 aliphatic rings. The van der Waals surface area contributed by atoms with E-state index < -0.39 is 0 Å². The Bertz CT molecular complexity index is 652. The van der Waals surface area contributed by atoms with Crippen LogP contribution < -0.4 is 5.32 Å². The Morgan fingerprint density at radius 1 is 1.19 bits per heavy atom. The number of hydrogen-bond acceptors (Lipinski definition) is 4. The molecule has 2 aliphatic carbocycles. The van der Waals surface area contributed by atoms with Crippen molar-refractivity contribution in [3.63, 3.8) is 0 Å². The van der Waals surface area contributed by atoms with Crippen LogP contribution in [0.3, 0.4) is 0 Å². The van der Waals surface area contributed by atoms with Crippen molar-refractivity contribution in [3.8, 4) is 0 Å². The van der Waals surface area contributed by atoms with Crippen molar-refractivity contribution in [2.45, 2.75) is 89.4 Å². The zero-order chi connectivity index (χ0) is 17.7. The lowest BCUT2D eigenvalue weighted by Gasteiger charge is -2.38. The van der Waals surface area contributed by atoms with Crippen molar-refractivity contribution in [1.29, 1.82) is 0 Å². The van der Waals surface area contributed by atoms with E-state index in [1.807, 2.05) is 13.1 Å². The number of amides is 1. The van der Waals surface area contributed by atoms with E-state index >= 15 is 0 Å². The fourth-order valence-corrected chi connectivity index (χ4v) is 6.04. The second-order valence-corrected chi connectivity index (χ2v) is 9.13. The molecule has 2 bridgehead atoms. The zero-order valence-corrected chi connectivity index (χ0v) is 15.8. The highest BCUT2D eigenvalue weighted by molar-refractivity contribution is 5.81. The largest absolute Gasteiger partial charge is 0.445 e. The first-order valence-corrected chi connectivity index (χ1v) is 10.6. The highest BCUT2D eigenvalue weighted by Gasteiger charge is 2.49. The van der Waals surface area contributed by atoms with Gasteiger partial charge in [-0.3, -0.25) is 9.69 Å². The van der Waals surface area contributed by atoms with E-state index in [4.69, 9.17) is 4.42 Å². The average Bonchev–Trinajstić information content (AvgIpc) is 2.90. The van der Waals surface area contributed by atoms with Gasteiger partial charge in [-0.2, -0.15) is 0 Å². The summed E-state index contributed by atoms with van der Waals surface area (Å²) in [5, 5.41) is 3.42. The number of aryl methyl sites for hydroxylation is 1. The van der Waals surface area contributed by atoms with E-state index in [1.165, 1.54) is 38.5 Å². The normalized spacial score (nSPS) is 37.2. The molecule has 2 saturated carbocycles. The minimum Gasteiger partial charge on any atom is -0.445 e. The molecule has 142 valence electrons. The first-order valence-electron chi connectivity index (χ1n) is 10.6. The van der Waals surface area contributed by atoms with Crippen molar-refractivity contribution in [2.24, 2.45) is 17.8 Å². The van der Waals surface area contributed by atoms with Gasteiger partial charge in [0.05, 0.1) is 12.7 Å². The van der Waals surface area contributed by atoms with Gasteiger partial charge in [0.2, 0.25) is 5.91 Å². The zero-order valence-electron chi connectivity index (χ0n) is 15.8. The van der Waals surface area contributed by atoms with E-state index in [1.54, 1.807) is 0 Å². The topological polar surface area (TPSA) is 58.4 Å². The Balaban J connectivity index is 1.14. The predicted octanol–water partition coefficient (Wildman–Crippen LogP) is 3.42. The highest BCUT2D eigenvalue weighted by atomic mass is 16.4. The van der Waals surface area contributed by atoms with Crippen LogP contribution in [0.5, 0.6) is 0 Å². The fourth-order valence-electron chi connectivity index (χ4n) is 6.04. The van der Waals surface area contributed by atoms with Crippen LogP contribution in [0.2, 0.25) is 0 Å². The first kappa shape index (κ1) is 16.8. The fraction of sp³-hybridized carbons (Fsp3) is 0.810. The van der Waals surface area contributed by atoms with Crippen LogP contribution in [-0.2, 0) is 11.3 Å². The standard InChI is InChI=1S/C21H31N3O2/c1-13-22-11-18(26-13)12-24-16-6-7-17(24)9-15(8-16)23-21(25)20-10-19(20)14-4-2-3-5-14/h11,14-17,19-20H,2-10,12H2,1H3,(H,23,25). The van der Waals surface area contributed by atoms with E-state index in [2.05, 4.69) is 15.2 Å². The maximum atomic E-state index is 12.7. The number of hydrogen-bond donors (Lipinski definition) is 1. The number of rotatable bonds is 5. The van der Waals surface area contributed by atoms with E-state index in [-0.39, 0.29) is 0 Å². The smallest absolute Gasteiger partial charge is 0.223 e. The van der Waals surface area contributed by atoms with Crippen LogP contribution in [0.4, 0.5) is 0 Å². The van der Waals surface area contributed by atoms with Crippen LogP contribution in [-0.4, -0.2) is 33.9 Å². The maximum Gasteiger partial charge on any atom is 0.223 e. The summed E-state index contributed by atoms with van der Waals surface area (Å²) >= 11 is 0. The van der Waals surface area contributed by atoms with Gasteiger partial charge in [-0.25, -0.2) is 4.98 Å². The lowest BCUT2D eigenvalue weighted by molar-refractivity contribution is -0.124. The second kappa shape index (κ2) is 6.66. The summed E-state index contributed by atoms with van der Waals surface area (Å²) in [6.45, 7) is 2.76. The first-order chi connectivity index (χ1) is 12.7. The lowest BCUT2D eigenvalue weighted by Crippen LogP contribution is -2.50. The summed E-state index contributed by atoms with van der Waals surface area (Å²) in [6, 6.07) is 1.53. The number of piperidine rings is 1. The third-order valence-electron chi connectivity index (χ3n) is 7.42. The molecule has 2 saturated heterocycles. The van der Waals surface area contributed by atoms with Crippen LogP contribution >= 0.6 is 0 Å². The van der Waals surface area contributed by atoms with Gasteiger partial charge >= 0.3 is 0 Å². The van der Waals surface area contributed by atoms with E-state index in [9.17, 15) is 4.79 Å². The van der Waals surface area contributed by atoms with E-state index in [0.717, 1.165) is 43.4 Å². The third-order valence-corrected chi connectivity index (χ3v) is 7.42. The van der Waals surface area contributed by atoms with Gasteiger partial charge in [0, 0.05) is 31.0 Å². The number of fused-ring (bicyclic) bond motifs is 2. The predicted molar refractivity (Wildman–Crippen MR) is 98.3 cm³/mol. The molecule has 5 heteroatoms. The van der Waals surface area contributed by atoms with Crippen molar-refractivity contribution in [2.75, 3.05) is 0 Å². The molecule has 0 radical (unpaired) electrons. The molecule has 4 atom stereocenters. The SMILES string of the molecule is Cc1ncc(CN2C3CCC2CC(NC(=O)C2CC2C2CCCC2)C3)o1. The Hall–Kier alpha value is -1.36. The monoisotopic (exact) mass is 357 g/mol. The van der Waals surface area contributed by atoms with Gasteiger partial charge in [0.15, 0.2) is 5.89 Å². The molecule has 3 heterocycles. The number of oxazole rings is 1. The summed E-state index contributed by atoms with van der Waals surface area (Å²) in [7, 11) is 0. The number of nitrogens with zero attached hydrogens (tertiary/aromatic N) is 2. The molecule has 0 spiro atoms. The molecule has 1 N–H and O–H groups in total. The molecule has 5 rings (SSSR count). The average molecular weight is 357 g/mol. The molecule has 1 aromatic heterocycles. The van der Waals surface area contributed by atoms with Gasteiger partial charge in [0.25, 0.3) is 0 Å². The minimum atomic E-state index is 0.325. The van der Waals surface area contributed by atoms with Crippen molar-refractivity contribution < 1.29 is 9.21 Å². The quantitative estimate of drug-likeness (QED) is 0.877. The van der Waals surface area contributed by atoms with Gasteiger partial charge in [-0.1, -0.05) is 25.7 Å². The number of aromatic nitrogens is 1. The molecule has 4 unspecified atom stereocenters. The summed E-state index contributed by atoms with van der Waals surface area (Å²) in [5.41, 5.74) is 0. The van der Waals surface area contributed by atoms with Crippen LogP contribution in [0, 0.1) is 24.7 Å². The number of nitrogens with one attached hydrogen (secondary N) is 1.